The van der Waals surface area contributed by atoms with E-state index in [1.165, 1.54) is 0 Å². The van der Waals surface area contributed by atoms with Crippen LogP contribution < -0.4 is 11.1 Å². The number of benzene rings is 1. The molecule has 4 heteroatoms. The summed E-state index contributed by atoms with van der Waals surface area (Å²) in [5, 5.41) is 3.22. The standard InChI is InChI=1S/C9H11BrN2S/c10-7-2-1-3-8(6-7)12-5-4-9(11)13/h1-3,6,12H,4-5H2,(H2,11,13). The summed E-state index contributed by atoms with van der Waals surface area (Å²) >= 11 is 8.16. The van der Waals surface area contributed by atoms with E-state index in [-0.39, 0.29) is 0 Å². The quantitative estimate of drug-likeness (QED) is 0.816. The highest BCUT2D eigenvalue weighted by molar-refractivity contribution is 9.10. The number of nitrogens with one attached hydrogen (secondary N) is 1. The first-order valence-corrected chi connectivity index (χ1v) is 5.16. The van der Waals surface area contributed by atoms with E-state index in [2.05, 4.69) is 21.2 Å². The average molecular weight is 259 g/mol. The molecule has 1 aromatic rings. The van der Waals surface area contributed by atoms with Crippen LogP contribution in [0.3, 0.4) is 0 Å². The summed E-state index contributed by atoms with van der Waals surface area (Å²) in [6.07, 6.45) is 0.724. The SMILES string of the molecule is NC(=S)CCNc1cccc(Br)c1. The summed E-state index contributed by atoms with van der Waals surface area (Å²) in [4.78, 5) is 0.544. The predicted molar refractivity (Wildman–Crippen MR) is 64.0 cm³/mol. The Labute approximate surface area is 91.6 Å². The van der Waals surface area contributed by atoms with Crippen LogP contribution in [0.25, 0.3) is 0 Å². The minimum absolute atomic E-state index is 0.544. The molecule has 0 aliphatic heterocycles. The van der Waals surface area contributed by atoms with E-state index in [4.69, 9.17) is 18.0 Å². The van der Waals surface area contributed by atoms with Crippen molar-refractivity contribution in [1.82, 2.24) is 0 Å². The summed E-state index contributed by atoms with van der Waals surface area (Å²) in [7, 11) is 0. The summed E-state index contributed by atoms with van der Waals surface area (Å²) in [6, 6.07) is 7.98. The van der Waals surface area contributed by atoms with Crippen molar-refractivity contribution >= 4 is 38.8 Å². The molecule has 0 unspecified atom stereocenters. The van der Waals surface area contributed by atoms with Crippen molar-refractivity contribution in [2.75, 3.05) is 11.9 Å². The van der Waals surface area contributed by atoms with Gasteiger partial charge in [-0.3, -0.25) is 0 Å². The van der Waals surface area contributed by atoms with Gasteiger partial charge in [0.2, 0.25) is 0 Å². The van der Waals surface area contributed by atoms with Gasteiger partial charge in [-0.2, -0.15) is 0 Å². The van der Waals surface area contributed by atoms with Crippen LogP contribution in [0.4, 0.5) is 5.69 Å². The molecule has 0 aliphatic rings. The Bertz CT molecular complexity index is 301. The fraction of sp³-hybridized carbons (Fsp3) is 0.222. The first kappa shape index (κ1) is 10.5. The minimum Gasteiger partial charge on any atom is -0.393 e. The van der Waals surface area contributed by atoms with Crippen LogP contribution in [0, 0.1) is 0 Å². The van der Waals surface area contributed by atoms with Crippen LogP contribution in [0.2, 0.25) is 0 Å². The van der Waals surface area contributed by atoms with Crippen LogP contribution in [0.1, 0.15) is 6.42 Å². The topological polar surface area (TPSA) is 38.0 Å². The van der Waals surface area contributed by atoms with Gasteiger partial charge in [0.1, 0.15) is 0 Å². The molecule has 0 aliphatic carbocycles. The normalized spacial score (nSPS) is 9.62. The molecule has 0 radical (unpaired) electrons. The van der Waals surface area contributed by atoms with E-state index in [0.717, 1.165) is 23.1 Å². The van der Waals surface area contributed by atoms with Gasteiger partial charge in [-0.25, -0.2) is 0 Å². The monoisotopic (exact) mass is 258 g/mol. The zero-order chi connectivity index (χ0) is 9.68. The second-order valence-electron chi connectivity index (χ2n) is 2.65. The van der Waals surface area contributed by atoms with Gasteiger partial charge in [-0.1, -0.05) is 34.2 Å². The molecule has 0 aromatic heterocycles. The molecule has 70 valence electrons. The van der Waals surface area contributed by atoms with Gasteiger partial charge in [0.25, 0.3) is 0 Å². The number of anilines is 1. The summed E-state index contributed by atoms with van der Waals surface area (Å²) in [5.74, 6) is 0. The van der Waals surface area contributed by atoms with E-state index in [1.807, 2.05) is 24.3 Å². The molecule has 0 saturated carbocycles. The Morgan fingerprint density at radius 3 is 2.92 bits per heavy atom. The van der Waals surface area contributed by atoms with Gasteiger partial charge >= 0.3 is 0 Å². The maximum absolute atomic E-state index is 5.37. The Balaban J connectivity index is 2.41. The molecule has 1 aromatic carbocycles. The van der Waals surface area contributed by atoms with Gasteiger partial charge in [-0.05, 0) is 18.2 Å². The lowest BCUT2D eigenvalue weighted by Gasteiger charge is -2.05. The van der Waals surface area contributed by atoms with Crippen molar-refractivity contribution in [2.24, 2.45) is 5.73 Å². The van der Waals surface area contributed by atoms with Crippen molar-refractivity contribution in [2.45, 2.75) is 6.42 Å². The molecule has 0 bridgehead atoms. The van der Waals surface area contributed by atoms with Crippen molar-refractivity contribution in [3.05, 3.63) is 28.7 Å². The second kappa shape index (κ2) is 5.19. The lowest BCUT2D eigenvalue weighted by atomic mass is 10.3. The van der Waals surface area contributed by atoms with Gasteiger partial charge in [-0.15, -0.1) is 0 Å². The molecule has 0 heterocycles. The summed E-state index contributed by atoms with van der Waals surface area (Å²) in [5.41, 5.74) is 6.44. The van der Waals surface area contributed by atoms with E-state index in [0.29, 0.717) is 4.99 Å². The van der Waals surface area contributed by atoms with Crippen LogP contribution in [-0.2, 0) is 0 Å². The molecule has 0 fully saturated rings. The molecule has 3 N–H and O–H groups in total. The van der Waals surface area contributed by atoms with Crippen molar-refractivity contribution < 1.29 is 0 Å². The number of thiocarbonyl (C=S) groups is 1. The number of rotatable bonds is 4. The van der Waals surface area contributed by atoms with Crippen LogP contribution in [-0.4, -0.2) is 11.5 Å². The third-order valence-corrected chi connectivity index (χ3v) is 2.22. The molecular formula is C9H11BrN2S. The maximum atomic E-state index is 5.37. The lowest BCUT2D eigenvalue weighted by molar-refractivity contribution is 1.11. The highest BCUT2D eigenvalue weighted by Gasteiger charge is 1.93. The lowest BCUT2D eigenvalue weighted by Crippen LogP contribution is -2.13. The zero-order valence-corrected chi connectivity index (χ0v) is 9.49. The molecule has 2 nitrogen and oxygen atoms in total. The summed E-state index contributed by atoms with van der Waals surface area (Å²) in [6.45, 7) is 0.784. The van der Waals surface area contributed by atoms with E-state index in [1.54, 1.807) is 0 Å². The number of hydrogen-bond acceptors (Lipinski definition) is 2. The summed E-state index contributed by atoms with van der Waals surface area (Å²) < 4.78 is 1.06. The predicted octanol–water partition coefficient (Wildman–Crippen LogP) is 2.54. The largest absolute Gasteiger partial charge is 0.393 e. The smallest absolute Gasteiger partial charge is 0.0745 e. The first-order valence-electron chi connectivity index (χ1n) is 3.96. The Kier molecular flexibility index (Phi) is 4.18. The van der Waals surface area contributed by atoms with Crippen LogP contribution >= 0.6 is 28.1 Å². The van der Waals surface area contributed by atoms with E-state index < -0.39 is 0 Å². The van der Waals surface area contributed by atoms with Crippen molar-refractivity contribution in [1.29, 1.82) is 0 Å². The van der Waals surface area contributed by atoms with Crippen LogP contribution in [0.15, 0.2) is 28.7 Å². The molecule has 0 saturated heterocycles. The second-order valence-corrected chi connectivity index (χ2v) is 4.09. The van der Waals surface area contributed by atoms with Gasteiger partial charge in [0.15, 0.2) is 0 Å². The molecular weight excluding hydrogens is 248 g/mol. The zero-order valence-electron chi connectivity index (χ0n) is 7.09. The van der Waals surface area contributed by atoms with E-state index >= 15 is 0 Å². The Hall–Kier alpha value is -0.610. The average Bonchev–Trinajstić information content (AvgIpc) is 2.03. The molecule has 13 heavy (non-hydrogen) atoms. The van der Waals surface area contributed by atoms with Gasteiger partial charge in [0.05, 0.1) is 4.99 Å². The van der Waals surface area contributed by atoms with Crippen molar-refractivity contribution in [3.8, 4) is 0 Å². The van der Waals surface area contributed by atoms with Crippen molar-refractivity contribution in [3.63, 3.8) is 0 Å². The first-order chi connectivity index (χ1) is 6.18. The molecule has 1 rings (SSSR count). The van der Waals surface area contributed by atoms with Crippen LogP contribution in [0.5, 0.6) is 0 Å². The Morgan fingerprint density at radius 2 is 2.31 bits per heavy atom. The highest BCUT2D eigenvalue weighted by Crippen LogP contribution is 2.15. The number of hydrogen-bond donors (Lipinski definition) is 2. The number of halogens is 1. The van der Waals surface area contributed by atoms with Gasteiger partial charge < -0.3 is 11.1 Å². The Morgan fingerprint density at radius 1 is 1.54 bits per heavy atom. The molecule has 0 amide bonds. The fourth-order valence-electron chi connectivity index (χ4n) is 0.928. The fourth-order valence-corrected chi connectivity index (χ4v) is 1.43. The maximum Gasteiger partial charge on any atom is 0.0745 e. The van der Waals surface area contributed by atoms with E-state index in [9.17, 15) is 0 Å². The third-order valence-electron chi connectivity index (χ3n) is 1.53. The molecule has 0 atom stereocenters. The number of nitrogens with two attached hydrogens (primary N) is 1. The minimum atomic E-state index is 0.544. The van der Waals surface area contributed by atoms with Gasteiger partial charge in [0, 0.05) is 23.1 Å². The third kappa shape index (κ3) is 4.24. The molecule has 0 spiro atoms. The highest BCUT2D eigenvalue weighted by atomic mass is 79.9.